The van der Waals surface area contributed by atoms with Gasteiger partial charge in [-0.3, -0.25) is 9.59 Å². The molecule has 2 aromatic rings. The molecule has 0 fully saturated rings. The Labute approximate surface area is 151 Å². The lowest BCUT2D eigenvalue weighted by Gasteiger charge is -2.07. The smallest absolute Gasteiger partial charge is 0.233 e. The topological polar surface area (TPSA) is 37.4 Å². The van der Waals surface area contributed by atoms with Gasteiger partial charge in [0.2, 0.25) is 11.6 Å². The molecule has 0 bridgehead atoms. The molecular weight excluding hydrogens is 310 g/mol. The summed E-state index contributed by atoms with van der Waals surface area (Å²) < 4.78 is 0. The Hall–Kier alpha value is -2.26. The highest BCUT2D eigenvalue weighted by Crippen LogP contribution is 2.07. The molecule has 0 aliphatic heterocycles. The van der Waals surface area contributed by atoms with Crippen molar-refractivity contribution in [2.45, 2.75) is 32.6 Å². The fraction of sp³-hybridized carbons (Fsp3) is 0.364. The molecule has 0 unspecified atom stereocenters. The zero-order valence-corrected chi connectivity index (χ0v) is 15.6. The van der Waals surface area contributed by atoms with Crippen LogP contribution in [0.15, 0.2) is 60.7 Å². The van der Waals surface area contributed by atoms with E-state index in [4.69, 9.17) is 0 Å². The highest BCUT2D eigenvalue weighted by atomic mass is 16.2. The van der Waals surface area contributed by atoms with Gasteiger partial charge < -0.3 is 4.90 Å². The second-order valence-corrected chi connectivity index (χ2v) is 6.25. The molecule has 3 heteroatoms. The van der Waals surface area contributed by atoms with Crippen molar-refractivity contribution in [3.63, 3.8) is 0 Å². The maximum atomic E-state index is 11.8. The van der Waals surface area contributed by atoms with E-state index in [1.807, 2.05) is 12.1 Å². The molecule has 0 aliphatic rings. The van der Waals surface area contributed by atoms with Crippen LogP contribution in [0.2, 0.25) is 0 Å². The summed E-state index contributed by atoms with van der Waals surface area (Å²) in [5.41, 5.74) is 0.854. The molecule has 0 aromatic heterocycles. The Morgan fingerprint density at radius 1 is 0.720 bits per heavy atom. The van der Waals surface area contributed by atoms with E-state index in [9.17, 15) is 9.59 Å². The van der Waals surface area contributed by atoms with E-state index in [2.05, 4.69) is 25.9 Å². The standard InChI is InChI=1S/C14H10O2.C8H19N/c15-13(11-7-3-1-4-8-11)14(16)12-9-5-2-6-10-12;1-4-5-6-7-8-9(2)3/h1-10H;4-8H2,1-3H3. The number of rotatable bonds is 8. The number of Topliss-reactive ketones (excluding diaryl/α,β-unsaturated/α-hetero) is 2. The molecule has 0 atom stereocenters. The van der Waals surface area contributed by atoms with Crippen molar-refractivity contribution >= 4 is 11.6 Å². The van der Waals surface area contributed by atoms with Crippen molar-refractivity contribution in [2.24, 2.45) is 0 Å². The molecule has 0 N–H and O–H groups in total. The first-order valence-electron chi connectivity index (χ1n) is 8.90. The Morgan fingerprint density at radius 2 is 1.16 bits per heavy atom. The van der Waals surface area contributed by atoms with E-state index < -0.39 is 11.6 Å². The van der Waals surface area contributed by atoms with E-state index in [1.165, 1.54) is 32.2 Å². The molecule has 0 saturated heterocycles. The number of carbonyl (C=O) groups is 2. The van der Waals surface area contributed by atoms with Crippen LogP contribution in [0.1, 0.15) is 53.3 Å². The van der Waals surface area contributed by atoms with Gasteiger partial charge in [-0.15, -0.1) is 0 Å². The van der Waals surface area contributed by atoms with E-state index >= 15 is 0 Å². The zero-order chi connectivity index (χ0) is 18.5. The zero-order valence-electron chi connectivity index (χ0n) is 15.6. The van der Waals surface area contributed by atoms with Crippen molar-refractivity contribution in [3.8, 4) is 0 Å². The summed E-state index contributed by atoms with van der Waals surface area (Å²) in [5, 5.41) is 0. The summed E-state index contributed by atoms with van der Waals surface area (Å²) in [6, 6.07) is 17.2. The quantitative estimate of drug-likeness (QED) is 0.391. The molecule has 25 heavy (non-hydrogen) atoms. The average molecular weight is 339 g/mol. The van der Waals surface area contributed by atoms with Gasteiger partial charge in [0.15, 0.2) is 0 Å². The van der Waals surface area contributed by atoms with Gasteiger partial charge in [-0.1, -0.05) is 86.8 Å². The van der Waals surface area contributed by atoms with Crippen LogP contribution in [-0.2, 0) is 0 Å². The predicted molar refractivity (Wildman–Crippen MR) is 104 cm³/mol. The van der Waals surface area contributed by atoms with Gasteiger partial charge in [0, 0.05) is 11.1 Å². The summed E-state index contributed by atoms with van der Waals surface area (Å²) in [4.78, 5) is 25.8. The minimum absolute atomic E-state index is 0.427. The minimum atomic E-state index is -0.466. The fourth-order valence-electron chi connectivity index (χ4n) is 2.30. The molecule has 2 aromatic carbocycles. The molecule has 134 valence electrons. The van der Waals surface area contributed by atoms with Crippen LogP contribution in [0.25, 0.3) is 0 Å². The lowest BCUT2D eigenvalue weighted by molar-refractivity contribution is 0.0817. The lowest BCUT2D eigenvalue weighted by atomic mass is 10.0. The number of ketones is 2. The molecule has 0 radical (unpaired) electrons. The van der Waals surface area contributed by atoms with Gasteiger partial charge in [0.1, 0.15) is 0 Å². The van der Waals surface area contributed by atoms with Gasteiger partial charge in [-0.25, -0.2) is 0 Å². The van der Waals surface area contributed by atoms with Crippen molar-refractivity contribution in [3.05, 3.63) is 71.8 Å². The third-order valence-corrected chi connectivity index (χ3v) is 3.74. The Bertz CT molecular complexity index is 571. The van der Waals surface area contributed by atoms with Crippen molar-refractivity contribution in [1.29, 1.82) is 0 Å². The number of carbonyl (C=O) groups excluding carboxylic acids is 2. The number of hydrogen-bond acceptors (Lipinski definition) is 3. The number of nitrogens with zero attached hydrogens (tertiary/aromatic N) is 1. The predicted octanol–water partition coefficient (Wildman–Crippen LogP) is 4.88. The van der Waals surface area contributed by atoms with Gasteiger partial charge in [-0.05, 0) is 27.1 Å². The Balaban J connectivity index is 0.000000299. The SMILES string of the molecule is CCCCCCN(C)C.O=C(C(=O)c1ccccc1)c1ccccc1. The van der Waals surface area contributed by atoms with Gasteiger partial charge in [0.05, 0.1) is 0 Å². The lowest BCUT2D eigenvalue weighted by Crippen LogP contribution is -2.14. The molecule has 3 nitrogen and oxygen atoms in total. The molecule has 0 spiro atoms. The molecule has 0 aliphatic carbocycles. The normalized spacial score (nSPS) is 10.1. The third kappa shape index (κ3) is 8.41. The van der Waals surface area contributed by atoms with Crippen LogP contribution >= 0.6 is 0 Å². The summed E-state index contributed by atoms with van der Waals surface area (Å²) >= 11 is 0. The maximum Gasteiger partial charge on any atom is 0.233 e. The van der Waals surface area contributed by atoms with Crippen LogP contribution in [0.3, 0.4) is 0 Å². The molecule has 0 saturated carbocycles. The summed E-state index contributed by atoms with van der Waals surface area (Å²) in [7, 11) is 4.26. The number of benzene rings is 2. The molecular formula is C22H29NO2. The molecule has 2 rings (SSSR count). The number of hydrogen-bond donors (Lipinski definition) is 0. The first-order chi connectivity index (χ1) is 12.1. The Morgan fingerprint density at radius 3 is 1.52 bits per heavy atom. The largest absolute Gasteiger partial charge is 0.309 e. The van der Waals surface area contributed by atoms with Gasteiger partial charge in [-0.2, -0.15) is 0 Å². The average Bonchev–Trinajstić information content (AvgIpc) is 2.66. The van der Waals surface area contributed by atoms with Crippen LogP contribution in [0, 0.1) is 0 Å². The van der Waals surface area contributed by atoms with E-state index in [0.29, 0.717) is 11.1 Å². The first kappa shape index (κ1) is 20.8. The summed E-state index contributed by atoms with van der Waals surface area (Å²) in [6.45, 7) is 3.50. The second-order valence-electron chi connectivity index (χ2n) is 6.25. The molecule has 0 heterocycles. The first-order valence-corrected chi connectivity index (χ1v) is 8.90. The van der Waals surface area contributed by atoms with Crippen molar-refractivity contribution in [2.75, 3.05) is 20.6 Å². The van der Waals surface area contributed by atoms with Crippen molar-refractivity contribution < 1.29 is 9.59 Å². The summed E-state index contributed by atoms with van der Waals surface area (Å²) in [5.74, 6) is -0.932. The van der Waals surface area contributed by atoms with Crippen LogP contribution in [0.4, 0.5) is 0 Å². The van der Waals surface area contributed by atoms with Crippen LogP contribution in [-0.4, -0.2) is 37.1 Å². The maximum absolute atomic E-state index is 11.8. The van der Waals surface area contributed by atoms with Gasteiger partial charge in [0.25, 0.3) is 0 Å². The van der Waals surface area contributed by atoms with Gasteiger partial charge >= 0.3 is 0 Å². The van der Waals surface area contributed by atoms with E-state index in [1.54, 1.807) is 48.5 Å². The van der Waals surface area contributed by atoms with Crippen LogP contribution < -0.4 is 0 Å². The monoisotopic (exact) mass is 339 g/mol. The number of unbranched alkanes of at least 4 members (excludes halogenated alkanes) is 3. The van der Waals surface area contributed by atoms with Crippen LogP contribution in [0.5, 0.6) is 0 Å². The minimum Gasteiger partial charge on any atom is -0.309 e. The highest BCUT2D eigenvalue weighted by molar-refractivity contribution is 6.49. The van der Waals surface area contributed by atoms with E-state index in [-0.39, 0.29) is 0 Å². The van der Waals surface area contributed by atoms with E-state index in [0.717, 1.165) is 0 Å². The second kappa shape index (κ2) is 12.2. The molecule has 0 amide bonds. The van der Waals surface area contributed by atoms with Crippen molar-refractivity contribution in [1.82, 2.24) is 4.90 Å². The Kier molecular flexibility index (Phi) is 10.1. The third-order valence-electron chi connectivity index (χ3n) is 3.74. The fourth-order valence-corrected chi connectivity index (χ4v) is 2.30. The highest BCUT2D eigenvalue weighted by Gasteiger charge is 2.16. The summed E-state index contributed by atoms with van der Waals surface area (Å²) in [6.07, 6.45) is 5.50.